The second-order valence-corrected chi connectivity index (χ2v) is 4.59. The number of hydrogen-bond donors (Lipinski definition) is 0. The molecule has 1 aromatic carbocycles. The van der Waals surface area contributed by atoms with Gasteiger partial charge in [0.15, 0.2) is 0 Å². The fourth-order valence-corrected chi connectivity index (χ4v) is 1.83. The molecule has 0 spiro atoms. The van der Waals surface area contributed by atoms with Crippen LogP contribution < -0.4 is 0 Å². The van der Waals surface area contributed by atoms with Gasteiger partial charge < -0.3 is 4.57 Å². The first-order valence-electron chi connectivity index (χ1n) is 5.72. The summed E-state index contributed by atoms with van der Waals surface area (Å²) >= 11 is 0. The van der Waals surface area contributed by atoms with E-state index in [1.54, 1.807) is 0 Å². The summed E-state index contributed by atoms with van der Waals surface area (Å²) in [7, 11) is 0. The summed E-state index contributed by atoms with van der Waals surface area (Å²) in [6.07, 6.45) is 3.87. The molecule has 0 aliphatic carbocycles. The summed E-state index contributed by atoms with van der Waals surface area (Å²) in [5.74, 6) is 0.521. The van der Waals surface area contributed by atoms with Crippen molar-refractivity contribution in [3.05, 3.63) is 53.6 Å². The van der Waals surface area contributed by atoms with E-state index in [0.717, 1.165) is 6.54 Å². The van der Waals surface area contributed by atoms with E-state index in [0.29, 0.717) is 5.92 Å². The van der Waals surface area contributed by atoms with Crippen molar-refractivity contribution in [1.82, 2.24) is 9.55 Å². The summed E-state index contributed by atoms with van der Waals surface area (Å²) in [4.78, 5) is 4.22. The molecule has 0 unspecified atom stereocenters. The second-order valence-electron chi connectivity index (χ2n) is 4.59. The molecule has 0 saturated heterocycles. The molecule has 2 nitrogen and oxygen atoms in total. The van der Waals surface area contributed by atoms with Gasteiger partial charge in [-0.15, -0.1) is 0 Å². The average Bonchev–Trinajstić information content (AvgIpc) is 2.69. The van der Waals surface area contributed by atoms with E-state index in [4.69, 9.17) is 0 Å². The van der Waals surface area contributed by atoms with Crippen molar-refractivity contribution in [3.63, 3.8) is 0 Å². The summed E-state index contributed by atoms with van der Waals surface area (Å²) in [6.45, 7) is 7.42. The third-order valence-corrected chi connectivity index (χ3v) is 2.81. The van der Waals surface area contributed by atoms with Gasteiger partial charge in [-0.3, -0.25) is 0 Å². The standard InChI is InChI=1S/C14H18N2/c1-11(2)14-8-15-10-16(14)9-13-6-4-12(3)5-7-13/h4-8,10-11H,9H2,1-3H3. The third-order valence-electron chi connectivity index (χ3n) is 2.81. The van der Waals surface area contributed by atoms with Gasteiger partial charge in [-0.1, -0.05) is 43.7 Å². The molecular formula is C14H18N2. The highest BCUT2D eigenvalue weighted by atomic mass is 15.0. The van der Waals surface area contributed by atoms with E-state index < -0.39 is 0 Å². The van der Waals surface area contributed by atoms with Crippen LogP contribution in [0.4, 0.5) is 0 Å². The molecular weight excluding hydrogens is 196 g/mol. The minimum Gasteiger partial charge on any atom is -0.330 e. The smallest absolute Gasteiger partial charge is 0.0951 e. The fourth-order valence-electron chi connectivity index (χ4n) is 1.83. The molecule has 0 saturated carbocycles. The van der Waals surface area contributed by atoms with Crippen molar-refractivity contribution >= 4 is 0 Å². The van der Waals surface area contributed by atoms with E-state index >= 15 is 0 Å². The van der Waals surface area contributed by atoms with Crippen molar-refractivity contribution < 1.29 is 0 Å². The average molecular weight is 214 g/mol. The normalized spacial score (nSPS) is 11.0. The Balaban J connectivity index is 2.20. The highest BCUT2D eigenvalue weighted by molar-refractivity contribution is 5.22. The minimum absolute atomic E-state index is 0.521. The molecule has 1 heterocycles. The molecule has 2 aromatic rings. The molecule has 0 radical (unpaired) electrons. The number of aryl methyl sites for hydroxylation is 1. The molecule has 0 bridgehead atoms. The van der Waals surface area contributed by atoms with Gasteiger partial charge in [-0.2, -0.15) is 0 Å². The van der Waals surface area contributed by atoms with Gasteiger partial charge in [0.1, 0.15) is 0 Å². The Morgan fingerprint density at radius 1 is 1.19 bits per heavy atom. The SMILES string of the molecule is Cc1ccc(Cn2cncc2C(C)C)cc1. The van der Waals surface area contributed by atoms with Crippen LogP contribution in [0.5, 0.6) is 0 Å². The Morgan fingerprint density at radius 2 is 1.88 bits per heavy atom. The first-order valence-corrected chi connectivity index (χ1v) is 5.72. The van der Waals surface area contributed by atoms with Crippen molar-refractivity contribution in [1.29, 1.82) is 0 Å². The van der Waals surface area contributed by atoms with E-state index in [2.05, 4.69) is 54.6 Å². The maximum Gasteiger partial charge on any atom is 0.0951 e. The van der Waals surface area contributed by atoms with Crippen LogP contribution in [0, 0.1) is 6.92 Å². The topological polar surface area (TPSA) is 17.8 Å². The number of imidazole rings is 1. The van der Waals surface area contributed by atoms with Gasteiger partial charge in [0.2, 0.25) is 0 Å². The van der Waals surface area contributed by atoms with E-state index in [-0.39, 0.29) is 0 Å². The van der Waals surface area contributed by atoms with Gasteiger partial charge in [0.25, 0.3) is 0 Å². The van der Waals surface area contributed by atoms with Gasteiger partial charge >= 0.3 is 0 Å². The van der Waals surface area contributed by atoms with E-state index in [9.17, 15) is 0 Å². The summed E-state index contributed by atoms with van der Waals surface area (Å²) in [5, 5.41) is 0. The molecule has 0 aliphatic heterocycles. The summed E-state index contributed by atoms with van der Waals surface area (Å²) < 4.78 is 2.22. The van der Waals surface area contributed by atoms with Crippen molar-refractivity contribution in [3.8, 4) is 0 Å². The van der Waals surface area contributed by atoms with Crippen LogP contribution in [-0.2, 0) is 6.54 Å². The van der Waals surface area contributed by atoms with Gasteiger partial charge in [0, 0.05) is 18.4 Å². The van der Waals surface area contributed by atoms with E-state index in [1.165, 1.54) is 16.8 Å². The molecule has 2 heteroatoms. The predicted octanol–water partition coefficient (Wildman–Crippen LogP) is 3.36. The molecule has 0 fully saturated rings. The molecule has 0 aliphatic rings. The Labute approximate surface area is 97.0 Å². The predicted molar refractivity (Wildman–Crippen MR) is 66.6 cm³/mol. The lowest BCUT2D eigenvalue weighted by molar-refractivity contribution is 0.691. The monoisotopic (exact) mass is 214 g/mol. The maximum atomic E-state index is 4.22. The van der Waals surface area contributed by atoms with Crippen LogP contribution in [-0.4, -0.2) is 9.55 Å². The van der Waals surface area contributed by atoms with Crippen molar-refractivity contribution in [2.75, 3.05) is 0 Å². The first kappa shape index (κ1) is 10.9. The molecule has 0 atom stereocenters. The molecule has 2 rings (SSSR count). The highest BCUT2D eigenvalue weighted by Crippen LogP contribution is 2.15. The molecule has 84 valence electrons. The largest absolute Gasteiger partial charge is 0.330 e. The van der Waals surface area contributed by atoms with Crippen LogP contribution in [0.15, 0.2) is 36.8 Å². The van der Waals surface area contributed by atoms with Crippen molar-refractivity contribution in [2.45, 2.75) is 33.2 Å². The Bertz CT molecular complexity index is 452. The highest BCUT2D eigenvalue weighted by Gasteiger charge is 2.06. The van der Waals surface area contributed by atoms with Crippen LogP contribution in [0.1, 0.15) is 36.6 Å². The molecule has 0 N–H and O–H groups in total. The molecule has 1 aromatic heterocycles. The summed E-state index contributed by atoms with van der Waals surface area (Å²) in [5.41, 5.74) is 3.92. The van der Waals surface area contributed by atoms with Crippen LogP contribution >= 0.6 is 0 Å². The number of benzene rings is 1. The second kappa shape index (κ2) is 4.52. The van der Waals surface area contributed by atoms with E-state index in [1.807, 2.05) is 12.5 Å². The number of nitrogens with zero attached hydrogens (tertiary/aromatic N) is 2. The zero-order valence-corrected chi connectivity index (χ0v) is 10.1. The third kappa shape index (κ3) is 2.32. The van der Waals surface area contributed by atoms with Crippen LogP contribution in [0.3, 0.4) is 0 Å². The molecule has 16 heavy (non-hydrogen) atoms. The zero-order valence-electron chi connectivity index (χ0n) is 10.1. The Hall–Kier alpha value is -1.57. The zero-order chi connectivity index (χ0) is 11.5. The number of rotatable bonds is 3. The quantitative estimate of drug-likeness (QED) is 0.766. The van der Waals surface area contributed by atoms with Crippen LogP contribution in [0.25, 0.3) is 0 Å². The number of aromatic nitrogens is 2. The van der Waals surface area contributed by atoms with Crippen LogP contribution in [0.2, 0.25) is 0 Å². The summed E-state index contributed by atoms with van der Waals surface area (Å²) in [6, 6.07) is 8.67. The maximum absolute atomic E-state index is 4.22. The molecule has 0 amide bonds. The first-order chi connectivity index (χ1) is 7.66. The lowest BCUT2D eigenvalue weighted by atomic mass is 10.1. The Morgan fingerprint density at radius 3 is 2.50 bits per heavy atom. The van der Waals surface area contributed by atoms with Gasteiger partial charge in [-0.25, -0.2) is 4.98 Å². The van der Waals surface area contributed by atoms with Gasteiger partial charge in [-0.05, 0) is 18.4 Å². The lowest BCUT2D eigenvalue weighted by Crippen LogP contribution is -2.04. The van der Waals surface area contributed by atoms with Crippen molar-refractivity contribution in [2.24, 2.45) is 0 Å². The Kier molecular flexibility index (Phi) is 3.09. The lowest BCUT2D eigenvalue weighted by Gasteiger charge is -2.10. The van der Waals surface area contributed by atoms with Gasteiger partial charge in [0.05, 0.1) is 6.33 Å². The number of hydrogen-bond acceptors (Lipinski definition) is 1. The minimum atomic E-state index is 0.521. The fraction of sp³-hybridized carbons (Fsp3) is 0.357.